The predicted molar refractivity (Wildman–Crippen MR) is 46.6 cm³/mol. The Bertz CT molecular complexity index is 200. The van der Waals surface area contributed by atoms with Gasteiger partial charge in [0.15, 0.2) is 0 Å². The summed E-state index contributed by atoms with van der Waals surface area (Å²) in [6, 6.07) is 0. The number of rotatable bonds is 5. The van der Waals surface area contributed by atoms with Crippen LogP contribution in [0.25, 0.3) is 0 Å². The Kier molecular flexibility index (Phi) is 3.87. The highest BCUT2D eigenvalue weighted by Gasteiger charge is 2.45. The van der Waals surface area contributed by atoms with E-state index in [1.807, 2.05) is 6.92 Å². The van der Waals surface area contributed by atoms with E-state index in [2.05, 4.69) is 0 Å². The van der Waals surface area contributed by atoms with Crippen molar-refractivity contribution in [1.29, 1.82) is 0 Å². The maximum atomic E-state index is 10.8. The molecule has 5 heteroatoms. The maximum Gasteiger partial charge on any atom is 0.335 e. The zero-order valence-corrected chi connectivity index (χ0v) is 8.07. The average Bonchev–Trinajstić information content (AvgIpc) is 2.02. The molecule has 0 atom stereocenters. The van der Waals surface area contributed by atoms with Gasteiger partial charge in [-0.3, -0.25) is 4.90 Å². The lowest BCUT2D eigenvalue weighted by atomic mass is 10.0. The molecular formula is C8H15NO4. The van der Waals surface area contributed by atoms with Crippen molar-refractivity contribution in [3.63, 3.8) is 0 Å². The van der Waals surface area contributed by atoms with Gasteiger partial charge in [0, 0.05) is 0 Å². The van der Waals surface area contributed by atoms with Crippen LogP contribution in [0, 0.1) is 0 Å². The molecule has 0 rings (SSSR count). The lowest BCUT2D eigenvalue weighted by molar-refractivity contribution is -0.165. The molecule has 0 aliphatic heterocycles. The van der Waals surface area contributed by atoms with Gasteiger partial charge in [0.1, 0.15) is 0 Å². The number of likely N-dealkylation sites (N-methyl/N-ethyl adjacent to an activating group) is 1. The fraction of sp³-hybridized carbons (Fsp3) is 0.750. The minimum absolute atomic E-state index is 0.440. The normalized spacial score (nSPS) is 11.7. The first kappa shape index (κ1) is 11.9. The number of nitrogens with zero attached hydrogens (tertiary/aromatic N) is 1. The van der Waals surface area contributed by atoms with Crippen molar-refractivity contribution in [3.05, 3.63) is 0 Å². The molecule has 0 saturated carbocycles. The Hall–Kier alpha value is -1.10. The maximum absolute atomic E-state index is 10.8. The highest BCUT2D eigenvalue weighted by Crippen LogP contribution is 2.14. The SMILES string of the molecule is CCCN(C)C(C)(C(=O)O)C(=O)O. The fourth-order valence-electron chi connectivity index (χ4n) is 0.977. The van der Waals surface area contributed by atoms with E-state index in [-0.39, 0.29) is 0 Å². The monoisotopic (exact) mass is 189 g/mol. The molecule has 0 unspecified atom stereocenters. The number of hydrogen-bond acceptors (Lipinski definition) is 3. The summed E-state index contributed by atoms with van der Waals surface area (Å²) in [5.41, 5.74) is -1.82. The Morgan fingerprint density at radius 2 is 1.69 bits per heavy atom. The van der Waals surface area contributed by atoms with Gasteiger partial charge in [0.05, 0.1) is 0 Å². The van der Waals surface area contributed by atoms with Crippen molar-refractivity contribution in [2.75, 3.05) is 13.6 Å². The first-order valence-corrected chi connectivity index (χ1v) is 4.05. The van der Waals surface area contributed by atoms with E-state index in [0.29, 0.717) is 13.0 Å². The van der Waals surface area contributed by atoms with Gasteiger partial charge < -0.3 is 10.2 Å². The molecule has 0 radical (unpaired) electrons. The molecule has 0 bridgehead atoms. The van der Waals surface area contributed by atoms with Crippen LogP contribution in [0.3, 0.4) is 0 Å². The highest BCUT2D eigenvalue weighted by atomic mass is 16.4. The molecule has 0 aromatic heterocycles. The van der Waals surface area contributed by atoms with E-state index < -0.39 is 17.5 Å². The third-order valence-electron chi connectivity index (χ3n) is 2.16. The van der Waals surface area contributed by atoms with Crippen LogP contribution in [-0.4, -0.2) is 46.2 Å². The van der Waals surface area contributed by atoms with Gasteiger partial charge in [-0.25, -0.2) is 9.59 Å². The van der Waals surface area contributed by atoms with Crippen molar-refractivity contribution in [2.45, 2.75) is 25.8 Å². The van der Waals surface area contributed by atoms with Crippen LogP contribution in [0.1, 0.15) is 20.3 Å². The molecule has 0 aliphatic rings. The molecule has 0 aromatic rings. The van der Waals surface area contributed by atoms with Crippen LogP contribution in [0.15, 0.2) is 0 Å². The van der Waals surface area contributed by atoms with Crippen molar-refractivity contribution >= 4 is 11.9 Å². The van der Waals surface area contributed by atoms with Crippen LogP contribution in [-0.2, 0) is 9.59 Å². The molecule has 13 heavy (non-hydrogen) atoms. The predicted octanol–water partition coefficient (Wildman–Crippen LogP) is 0.256. The summed E-state index contributed by atoms with van der Waals surface area (Å²) in [5, 5.41) is 17.6. The highest BCUT2D eigenvalue weighted by molar-refractivity contribution is 6.02. The summed E-state index contributed by atoms with van der Waals surface area (Å²) in [4.78, 5) is 22.8. The lowest BCUT2D eigenvalue weighted by Crippen LogP contribution is -2.56. The summed E-state index contributed by atoms with van der Waals surface area (Å²) in [6.45, 7) is 3.49. The average molecular weight is 189 g/mol. The summed E-state index contributed by atoms with van der Waals surface area (Å²) in [5.74, 6) is -2.67. The molecule has 0 aliphatic carbocycles. The molecule has 5 nitrogen and oxygen atoms in total. The zero-order valence-electron chi connectivity index (χ0n) is 8.07. The Balaban J connectivity index is 4.79. The second-order valence-electron chi connectivity index (χ2n) is 3.10. The molecule has 0 fully saturated rings. The molecule has 0 saturated heterocycles. The minimum Gasteiger partial charge on any atom is -0.479 e. The van der Waals surface area contributed by atoms with Gasteiger partial charge in [-0.2, -0.15) is 0 Å². The van der Waals surface area contributed by atoms with E-state index >= 15 is 0 Å². The van der Waals surface area contributed by atoms with E-state index in [1.54, 1.807) is 0 Å². The largest absolute Gasteiger partial charge is 0.479 e. The second-order valence-corrected chi connectivity index (χ2v) is 3.10. The van der Waals surface area contributed by atoms with Gasteiger partial charge in [0.2, 0.25) is 5.54 Å². The van der Waals surface area contributed by atoms with Gasteiger partial charge >= 0.3 is 11.9 Å². The zero-order chi connectivity index (χ0) is 10.6. The van der Waals surface area contributed by atoms with Crippen LogP contribution < -0.4 is 0 Å². The third-order valence-corrected chi connectivity index (χ3v) is 2.16. The molecule has 0 spiro atoms. The number of carboxylic acids is 2. The van der Waals surface area contributed by atoms with Crippen molar-refractivity contribution in [2.24, 2.45) is 0 Å². The van der Waals surface area contributed by atoms with Crippen molar-refractivity contribution in [3.8, 4) is 0 Å². The van der Waals surface area contributed by atoms with Gasteiger partial charge in [-0.05, 0) is 26.9 Å². The Morgan fingerprint density at radius 1 is 1.31 bits per heavy atom. The fourth-order valence-corrected chi connectivity index (χ4v) is 0.977. The third kappa shape index (κ3) is 2.18. The molecular weight excluding hydrogens is 174 g/mol. The standard InChI is InChI=1S/C8H15NO4/c1-4-5-9(3)8(2,6(10)11)7(12)13/h4-5H2,1-3H3,(H,10,11)(H,12,13). The second kappa shape index (κ2) is 4.23. The van der Waals surface area contributed by atoms with E-state index in [9.17, 15) is 9.59 Å². The molecule has 76 valence electrons. The number of carbonyl (C=O) groups is 2. The first-order chi connectivity index (χ1) is 5.87. The number of aliphatic carboxylic acids is 2. The van der Waals surface area contributed by atoms with E-state index in [0.717, 1.165) is 0 Å². The van der Waals surface area contributed by atoms with Crippen LogP contribution in [0.5, 0.6) is 0 Å². The van der Waals surface area contributed by atoms with Crippen molar-refractivity contribution in [1.82, 2.24) is 4.90 Å². The molecule has 0 amide bonds. The van der Waals surface area contributed by atoms with Crippen LogP contribution >= 0.6 is 0 Å². The quantitative estimate of drug-likeness (QED) is 0.606. The van der Waals surface area contributed by atoms with E-state index in [1.165, 1.54) is 18.9 Å². The van der Waals surface area contributed by atoms with Gasteiger partial charge in [0.25, 0.3) is 0 Å². The van der Waals surface area contributed by atoms with Gasteiger partial charge in [-0.15, -0.1) is 0 Å². The van der Waals surface area contributed by atoms with Gasteiger partial charge in [-0.1, -0.05) is 6.92 Å². The molecule has 2 N–H and O–H groups in total. The molecule has 0 aromatic carbocycles. The minimum atomic E-state index is -1.82. The topological polar surface area (TPSA) is 77.8 Å². The van der Waals surface area contributed by atoms with Crippen LogP contribution in [0.2, 0.25) is 0 Å². The molecule has 0 heterocycles. The number of hydrogen-bond donors (Lipinski definition) is 2. The Labute approximate surface area is 77.0 Å². The number of carboxylic acid groups (broad SMARTS) is 2. The lowest BCUT2D eigenvalue weighted by Gasteiger charge is -2.30. The summed E-state index contributed by atoms with van der Waals surface area (Å²) in [7, 11) is 1.49. The smallest absolute Gasteiger partial charge is 0.335 e. The van der Waals surface area contributed by atoms with Crippen LogP contribution in [0.4, 0.5) is 0 Å². The summed E-state index contributed by atoms with van der Waals surface area (Å²) >= 11 is 0. The summed E-state index contributed by atoms with van der Waals surface area (Å²) in [6.07, 6.45) is 0.715. The first-order valence-electron chi connectivity index (χ1n) is 4.05. The Morgan fingerprint density at radius 3 is 1.92 bits per heavy atom. The summed E-state index contributed by atoms with van der Waals surface area (Å²) < 4.78 is 0. The van der Waals surface area contributed by atoms with E-state index in [4.69, 9.17) is 10.2 Å². The van der Waals surface area contributed by atoms with Crippen molar-refractivity contribution < 1.29 is 19.8 Å².